The molecule has 7 heteroatoms. The van der Waals surface area contributed by atoms with E-state index in [1.807, 2.05) is 30.3 Å². The van der Waals surface area contributed by atoms with Gasteiger partial charge in [-0.15, -0.1) is 0 Å². The smallest absolute Gasteiger partial charge is 0.309 e. The first-order chi connectivity index (χ1) is 13.8. The second kappa shape index (κ2) is 10.4. The fourth-order valence-electron chi connectivity index (χ4n) is 3.19. The van der Waals surface area contributed by atoms with E-state index in [1.165, 1.54) is 19.9 Å². The van der Waals surface area contributed by atoms with Gasteiger partial charge in [-0.2, -0.15) is 0 Å². The van der Waals surface area contributed by atoms with Crippen molar-refractivity contribution in [2.75, 3.05) is 19.7 Å². The van der Waals surface area contributed by atoms with Gasteiger partial charge in [0.1, 0.15) is 12.4 Å². The minimum Gasteiger partial charge on any atom is -0.508 e. The number of allylic oxidation sites excluding steroid dienone is 1. The predicted octanol–water partition coefficient (Wildman–Crippen LogP) is 2.92. The number of aliphatic hydroxyl groups excluding tert-OH is 1. The number of nitrogens with zero attached hydrogens (tertiary/aromatic N) is 1. The van der Waals surface area contributed by atoms with E-state index < -0.39 is 24.1 Å². The summed E-state index contributed by atoms with van der Waals surface area (Å²) in [5.74, 6) is -1.83. The molecule has 0 aromatic heterocycles. The molecule has 1 aliphatic heterocycles. The standard InChI is InChI=1S/C22H26N2O5/c1-15(23)21(16(2)25)19(26)14-29-22(28)18-10-12-24(13-11-18)20(27)9-8-17-6-4-3-5-7-17/h3-9,18,23,26H,10-14H2,1-2H3/b9-8+,21-19-,23-15?. The third-order valence-corrected chi connectivity index (χ3v) is 4.72. The van der Waals surface area contributed by atoms with Crippen molar-refractivity contribution in [1.29, 1.82) is 5.41 Å². The van der Waals surface area contributed by atoms with Gasteiger partial charge in [0.15, 0.2) is 5.78 Å². The molecule has 1 heterocycles. The second-order valence-corrected chi connectivity index (χ2v) is 6.95. The van der Waals surface area contributed by atoms with E-state index in [-0.39, 0.29) is 23.1 Å². The zero-order chi connectivity index (χ0) is 21.4. The lowest BCUT2D eigenvalue weighted by atomic mass is 9.97. The van der Waals surface area contributed by atoms with Crippen LogP contribution in [0, 0.1) is 11.3 Å². The first-order valence-corrected chi connectivity index (χ1v) is 9.46. The highest BCUT2D eigenvalue weighted by Gasteiger charge is 2.28. The lowest BCUT2D eigenvalue weighted by molar-refractivity contribution is -0.151. The Morgan fingerprint density at radius 3 is 2.34 bits per heavy atom. The third kappa shape index (κ3) is 6.41. The molecule has 7 nitrogen and oxygen atoms in total. The average molecular weight is 398 g/mol. The van der Waals surface area contributed by atoms with Crippen LogP contribution in [0.2, 0.25) is 0 Å². The molecule has 0 spiro atoms. The molecule has 0 atom stereocenters. The Labute approximate surface area is 170 Å². The molecule has 0 radical (unpaired) electrons. The second-order valence-electron chi connectivity index (χ2n) is 6.95. The van der Waals surface area contributed by atoms with Gasteiger partial charge in [0.05, 0.1) is 11.5 Å². The van der Waals surface area contributed by atoms with Crippen molar-refractivity contribution in [3.8, 4) is 0 Å². The summed E-state index contributed by atoms with van der Waals surface area (Å²) in [6.45, 7) is 3.07. The Balaban J connectivity index is 1.84. The zero-order valence-electron chi connectivity index (χ0n) is 16.7. The highest BCUT2D eigenvalue weighted by Crippen LogP contribution is 2.20. The van der Waals surface area contributed by atoms with Crippen LogP contribution in [0.1, 0.15) is 32.3 Å². The molecule has 1 amide bonds. The zero-order valence-corrected chi connectivity index (χ0v) is 16.7. The summed E-state index contributed by atoms with van der Waals surface area (Å²) in [5, 5.41) is 17.5. The number of carbonyl (C=O) groups is 3. The number of Topliss-reactive ketones (excluding diaryl/α,β-unsaturated/α-hetero) is 1. The van der Waals surface area contributed by atoms with Crippen molar-refractivity contribution >= 4 is 29.4 Å². The molecule has 2 rings (SSSR count). The van der Waals surface area contributed by atoms with Crippen LogP contribution in [0.4, 0.5) is 0 Å². The van der Waals surface area contributed by atoms with Gasteiger partial charge in [0.25, 0.3) is 0 Å². The molecule has 1 aromatic rings. The van der Waals surface area contributed by atoms with Gasteiger partial charge < -0.3 is 20.2 Å². The van der Waals surface area contributed by atoms with E-state index in [2.05, 4.69) is 0 Å². The van der Waals surface area contributed by atoms with Crippen LogP contribution in [0.15, 0.2) is 47.7 Å². The van der Waals surface area contributed by atoms with E-state index in [0.29, 0.717) is 25.9 Å². The molecule has 2 N–H and O–H groups in total. The Hall–Kier alpha value is -3.22. The van der Waals surface area contributed by atoms with E-state index in [9.17, 15) is 19.5 Å². The molecule has 0 saturated carbocycles. The molecule has 0 aliphatic carbocycles. The van der Waals surface area contributed by atoms with Crippen LogP contribution in [0.25, 0.3) is 6.08 Å². The number of hydrogen-bond donors (Lipinski definition) is 2. The van der Waals surface area contributed by atoms with Crippen molar-refractivity contribution in [3.63, 3.8) is 0 Å². The lowest BCUT2D eigenvalue weighted by Gasteiger charge is -2.30. The summed E-state index contributed by atoms with van der Waals surface area (Å²) in [5.41, 5.74) is 0.724. The minimum atomic E-state index is -0.478. The minimum absolute atomic E-state index is 0.0820. The maximum Gasteiger partial charge on any atom is 0.309 e. The third-order valence-electron chi connectivity index (χ3n) is 4.72. The Morgan fingerprint density at radius 1 is 1.17 bits per heavy atom. The largest absolute Gasteiger partial charge is 0.508 e. The van der Waals surface area contributed by atoms with Crippen LogP contribution in [-0.2, 0) is 19.1 Å². The van der Waals surface area contributed by atoms with Crippen LogP contribution >= 0.6 is 0 Å². The van der Waals surface area contributed by atoms with Crippen molar-refractivity contribution in [3.05, 3.63) is 53.3 Å². The summed E-state index contributed by atoms with van der Waals surface area (Å²) in [7, 11) is 0. The Kier molecular flexibility index (Phi) is 7.88. The highest BCUT2D eigenvalue weighted by atomic mass is 16.5. The summed E-state index contributed by atoms with van der Waals surface area (Å²) in [6.07, 6.45) is 4.23. The molecule has 1 fully saturated rings. The van der Waals surface area contributed by atoms with Gasteiger partial charge in [-0.3, -0.25) is 14.4 Å². The molecule has 154 valence electrons. The Morgan fingerprint density at radius 2 is 1.79 bits per heavy atom. The molecular formula is C22H26N2O5. The molecule has 1 aromatic carbocycles. The van der Waals surface area contributed by atoms with Crippen molar-refractivity contribution in [2.24, 2.45) is 5.92 Å². The first kappa shape index (κ1) is 22.1. The summed E-state index contributed by atoms with van der Waals surface area (Å²) < 4.78 is 5.11. The van der Waals surface area contributed by atoms with Gasteiger partial charge in [-0.1, -0.05) is 30.3 Å². The van der Waals surface area contributed by atoms with Crippen molar-refractivity contribution < 1.29 is 24.2 Å². The fraction of sp³-hybridized carbons (Fsp3) is 0.364. The molecule has 0 unspecified atom stereocenters. The van der Waals surface area contributed by atoms with Crippen molar-refractivity contribution in [1.82, 2.24) is 4.90 Å². The number of benzene rings is 1. The molecule has 29 heavy (non-hydrogen) atoms. The number of piperidine rings is 1. The number of rotatable bonds is 7. The van der Waals surface area contributed by atoms with E-state index >= 15 is 0 Å². The number of likely N-dealkylation sites (tertiary alicyclic amines) is 1. The van der Waals surface area contributed by atoms with E-state index in [1.54, 1.807) is 11.0 Å². The number of ketones is 1. The molecule has 1 saturated heterocycles. The van der Waals surface area contributed by atoms with Crippen LogP contribution in [0.5, 0.6) is 0 Å². The predicted molar refractivity (Wildman–Crippen MR) is 109 cm³/mol. The first-order valence-electron chi connectivity index (χ1n) is 9.46. The molecule has 0 bridgehead atoms. The number of hydrogen-bond acceptors (Lipinski definition) is 6. The molecule has 1 aliphatic rings. The summed E-state index contributed by atoms with van der Waals surface area (Å²) >= 11 is 0. The Bertz CT molecular complexity index is 818. The average Bonchev–Trinajstić information content (AvgIpc) is 2.70. The number of nitrogens with one attached hydrogen (secondary N) is 1. The number of esters is 1. The number of carbonyl (C=O) groups excluding carboxylic acids is 3. The van der Waals surface area contributed by atoms with Crippen molar-refractivity contribution in [2.45, 2.75) is 26.7 Å². The highest BCUT2D eigenvalue weighted by molar-refractivity contribution is 6.19. The lowest BCUT2D eigenvalue weighted by Crippen LogP contribution is -2.40. The maximum atomic E-state index is 12.3. The number of aliphatic hydroxyl groups is 1. The maximum absolute atomic E-state index is 12.3. The normalized spacial score (nSPS) is 15.7. The van der Waals surface area contributed by atoms with Crippen LogP contribution in [-0.4, -0.2) is 53.1 Å². The fourth-order valence-corrected chi connectivity index (χ4v) is 3.19. The number of amides is 1. The van der Waals surface area contributed by atoms with E-state index in [4.69, 9.17) is 10.1 Å². The van der Waals surface area contributed by atoms with Gasteiger partial charge in [-0.25, -0.2) is 0 Å². The van der Waals surface area contributed by atoms with Gasteiger partial charge >= 0.3 is 5.97 Å². The van der Waals surface area contributed by atoms with Gasteiger partial charge in [0, 0.05) is 24.9 Å². The van der Waals surface area contributed by atoms with E-state index in [0.717, 1.165) is 5.56 Å². The monoisotopic (exact) mass is 398 g/mol. The van der Waals surface area contributed by atoms with Gasteiger partial charge in [0.2, 0.25) is 5.91 Å². The SMILES string of the molecule is CC(=N)/C(C(C)=O)=C(/O)COC(=O)C1CCN(C(=O)/C=C/c2ccccc2)CC1. The molecular weight excluding hydrogens is 372 g/mol. The quantitative estimate of drug-likeness (QED) is 0.318. The van der Waals surface area contributed by atoms with Crippen LogP contribution in [0.3, 0.4) is 0 Å². The van der Waals surface area contributed by atoms with Gasteiger partial charge in [-0.05, 0) is 38.3 Å². The number of ether oxygens (including phenoxy) is 1. The summed E-state index contributed by atoms with van der Waals surface area (Å²) in [6, 6.07) is 9.53. The summed E-state index contributed by atoms with van der Waals surface area (Å²) in [4.78, 5) is 37.7. The van der Waals surface area contributed by atoms with Crippen LogP contribution < -0.4 is 0 Å². The topological polar surface area (TPSA) is 108 Å².